The first-order chi connectivity index (χ1) is 6.71. The first kappa shape index (κ1) is 9.45. The Morgan fingerprint density at radius 2 is 2.00 bits per heavy atom. The highest BCUT2D eigenvalue weighted by atomic mass is 16.1. The number of hydrogen-bond acceptors (Lipinski definition) is 1. The Kier molecular flexibility index (Phi) is 2.40. The first-order valence-electron chi connectivity index (χ1n) is 5.28. The van der Waals surface area contributed by atoms with Crippen molar-refractivity contribution in [2.24, 2.45) is 5.41 Å². The van der Waals surface area contributed by atoms with Gasteiger partial charge in [0.15, 0.2) is 0 Å². The van der Waals surface area contributed by atoms with Crippen LogP contribution in [0.15, 0.2) is 30.3 Å². The van der Waals surface area contributed by atoms with Gasteiger partial charge in [-0.3, -0.25) is 4.79 Å². The van der Waals surface area contributed by atoms with Gasteiger partial charge in [-0.05, 0) is 24.8 Å². The maximum atomic E-state index is 11.7. The van der Waals surface area contributed by atoms with Crippen molar-refractivity contribution >= 4 is 5.78 Å². The fourth-order valence-electron chi connectivity index (χ4n) is 2.31. The molecule has 1 aliphatic rings. The molecule has 0 heterocycles. The number of hydrogen-bond donors (Lipinski definition) is 0. The number of benzene rings is 1. The zero-order chi connectivity index (χ0) is 10.0. The third kappa shape index (κ3) is 1.72. The van der Waals surface area contributed by atoms with Gasteiger partial charge in [-0.15, -0.1) is 0 Å². The lowest BCUT2D eigenvalue weighted by molar-refractivity contribution is -0.124. The molecule has 1 aromatic carbocycles. The molecule has 74 valence electrons. The second-order valence-electron chi connectivity index (χ2n) is 4.50. The quantitative estimate of drug-likeness (QED) is 0.697. The highest BCUT2D eigenvalue weighted by molar-refractivity contribution is 5.86. The molecule has 1 atom stereocenters. The number of carbonyl (C=O) groups excluding carboxylic acids is 1. The maximum absolute atomic E-state index is 11.7. The number of rotatable bonds is 2. The van der Waals surface area contributed by atoms with Crippen LogP contribution >= 0.6 is 0 Å². The van der Waals surface area contributed by atoms with E-state index in [1.54, 1.807) is 0 Å². The Morgan fingerprint density at radius 1 is 1.29 bits per heavy atom. The highest BCUT2D eigenvalue weighted by Crippen LogP contribution is 2.37. The Bertz CT molecular complexity index is 328. The lowest BCUT2D eigenvalue weighted by Crippen LogP contribution is -2.24. The van der Waals surface area contributed by atoms with E-state index < -0.39 is 0 Å². The van der Waals surface area contributed by atoms with Crippen LogP contribution in [0.5, 0.6) is 0 Å². The summed E-state index contributed by atoms with van der Waals surface area (Å²) in [5.74, 6) is 0.446. The van der Waals surface area contributed by atoms with E-state index in [1.807, 2.05) is 18.2 Å². The summed E-state index contributed by atoms with van der Waals surface area (Å²) < 4.78 is 0. The van der Waals surface area contributed by atoms with Crippen molar-refractivity contribution in [3.8, 4) is 0 Å². The maximum Gasteiger partial charge on any atom is 0.139 e. The zero-order valence-electron chi connectivity index (χ0n) is 8.62. The predicted molar refractivity (Wildman–Crippen MR) is 57.1 cm³/mol. The van der Waals surface area contributed by atoms with Gasteiger partial charge in [0.25, 0.3) is 0 Å². The van der Waals surface area contributed by atoms with Crippen LogP contribution in [0.4, 0.5) is 0 Å². The van der Waals surface area contributed by atoms with E-state index in [9.17, 15) is 4.79 Å². The van der Waals surface area contributed by atoms with Gasteiger partial charge in [-0.1, -0.05) is 37.3 Å². The molecular weight excluding hydrogens is 172 g/mol. The fourth-order valence-corrected chi connectivity index (χ4v) is 2.31. The number of ketones is 1. The highest BCUT2D eigenvalue weighted by Gasteiger charge is 2.36. The van der Waals surface area contributed by atoms with Gasteiger partial charge in [0.1, 0.15) is 5.78 Å². The van der Waals surface area contributed by atoms with E-state index in [4.69, 9.17) is 0 Å². The molecule has 1 aromatic rings. The summed E-state index contributed by atoms with van der Waals surface area (Å²) in [6.07, 6.45) is 3.82. The second kappa shape index (κ2) is 3.56. The van der Waals surface area contributed by atoms with Crippen LogP contribution in [0, 0.1) is 5.41 Å². The van der Waals surface area contributed by atoms with Crippen LogP contribution in [0.1, 0.15) is 31.7 Å². The van der Waals surface area contributed by atoms with Crippen molar-refractivity contribution in [3.05, 3.63) is 35.9 Å². The van der Waals surface area contributed by atoms with Gasteiger partial charge in [-0.25, -0.2) is 0 Å². The molecule has 0 bridgehead atoms. The minimum Gasteiger partial charge on any atom is -0.299 e. The Balaban J connectivity index is 2.14. The lowest BCUT2D eigenvalue weighted by Gasteiger charge is -2.21. The Labute approximate surface area is 85.1 Å². The fraction of sp³-hybridized carbons (Fsp3) is 0.462. The third-order valence-corrected chi connectivity index (χ3v) is 3.24. The molecule has 1 saturated carbocycles. The molecule has 0 aliphatic heterocycles. The Hall–Kier alpha value is -1.11. The van der Waals surface area contributed by atoms with Crippen molar-refractivity contribution in [2.45, 2.75) is 32.6 Å². The molecule has 1 aliphatic carbocycles. The van der Waals surface area contributed by atoms with E-state index in [0.29, 0.717) is 5.78 Å². The average Bonchev–Trinajstić information content (AvgIpc) is 2.48. The Morgan fingerprint density at radius 3 is 2.57 bits per heavy atom. The van der Waals surface area contributed by atoms with E-state index in [2.05, 4.69) is 19.1 Å². The molecule has 1 heteroatoms. The van der Waals surface area contributed by atoms with Gasteiger partial charge >= 0.3 is 0 Å². The minimum atomic E-state index is -0.0820. The van der Waals surface area contributed by atoms with Crippen LogP contribution < -0.4 is 0 Å². The summed E-state index contributed by atoms with van der Waals surface area (Å²) in [5, 5.41) is 0. The van der Waals surface area contributed by atoms with Gasteiger partial charge in [-0.2, -0.15) is 0 Å². The molecule has 1 fully saturated rings. The smallest absolute Gasteiger partial charge is 0.139 e. The largest absolute Gasteiger partial charge is 0.299 e. The average molecular weight is 188 g/mol. The van der Waals surface area contributed by atoms with Crippen LogP contribution in [0.2, 0.25) is 0 Å². The molecule has 0 amide bonds. The SMILES string of the molecule is C[C@]1(Cc2ccccc2)CCCC1=O. The third-order valence-electron chi connectivity index (χ3n) is 3.24. The van der Waals surface area contributed by atoms with Crippen LogP contribution in [-0.2, 0) is 11.2 Å². The summed E-state index contributed by atoms with van der Waals surface area (Å²) in [5.41, 5.74) is 1.20. The number of Topliss-reactive ketones (excluding diaryl/α,β-unsaturated/α-hetero) is 1. The van der Waals surface area contributed by atoms with Gasteiger partial charge in [0, 0.05) is 11.8 Å². The van der Waals surface area contributed by atoms with Crippen molar-refractivity contribution in [2.75, 3.05) is 0 Å². The van der Waals surface area contributed by atoms with Crippen molar-refractivity contribution in [1.82, 2.24) is 0 Å². The molecule has 0 radical (unpaired) electrons. The van der Waals surface area contributed by atoms with Crippen LogP contribution in [0.25, 0.3) is 0 Å². The summed E-state index contributed by atoms with van der Waals surface area (Å²) in [4.78, 5) is 11.7. The molecule has 0 unspecified atom stereocenters. The van der Waals surface area contributed by atoms with Crippen molar-refractivity contribution in [3.63, 3.8) is 0 Å². The minimum absolute atomic E-state index is 0.0820. The molecule has 2 rings (SSSR count). The molecule has 0 spiro atoms. The standard InChI is InChI=1S/C13H16O/c1-13(9-5-8-12(13)14)10-11-6-3-2-4-7-11/h2-4,6-7H,5,8-10H2,1H3/t13-/m1/s1. The molecule has 14 heavy (non-hydrogen) atoms. The van der Waals surface area contributed by atoms with E-state index in [0.717, 1.165) is 25.7 Å². The van der Waals surface area contributed by atoms with Crippen LogP contribution in [0.3, 0.4) is 0 Å². The monoisotopic (exact) mass is 188 g/mol. The molecule has 1 nitrogen and oxygen atoms in total. The normalized spacial score (nSPS) is 26.8. The second-order valence-corrected chi connectivity index (χ2v) is 4.50. The summed E-state index contributed by atoms with van der Waals surface area (Å²) in [6.45, 7) is 2.11. The van der Waals surface area contributed by atoms with Gasteiger partial charge in [0.2, 0.25) is 0 Å². The lowest BCUT2D eigenvalue weighted by atomic mass is 9.81. The summed E-state index contributed by atoms with van der Waals surface area (Å²) >= 11 is 0. The molecule has 0 N–H and O–H groups in total. The first-order valence-corrected chi connectivity index (χ1v) is 5.28. The van der Waals surface area contributed by atoms with E-state index >= 15 is 0 Å². The van der Waals surface area contributed by atoms with Crippen LogP contribution in [-0.4, -0.2) is 5.78 Å². The molecular formula is C13H16O. The molecule has 0 saturated heterocycles. The summed E-state index contributed by atoms with van der Waals surface area (Å²) in [6, 6.07) is 10.3. The predicted octanol–water partition coefficient (Wildman–Crippen LogP) is 2.99. The van der Waals surface area contributed by atoms with Crippen molar-refractivity contribution in [1.29, 1.82) is 0 Å². The van der Waals surface area contributed by atoms with Crippen molar-refractivity contribution < 1.29 is 4.79 Å². The summed E-state index contributed by atoms with van der Waals surface area (Å²) in [7, 11) is 0. The van der Waals surface area contributed by atoms with Gasteiger partial charge < -0.3 is 0 Å². The topological polar surface area (TPSA) is 17.1 Å². The zero-order valence-corrected chi connectivity index (χ0v) is 8.62. The van der Waals surface area contributed by atoms with E-state index in [1.165, 1.54) is 5.56 Å². The number of carbonyl (C=O) groups is 1. The molecule has 0 aromatic heterocycles. The van der Waals surface area contributed by atoms with E-state index in [-0.39, 0.29) is 5.41 Å². The van der Waals surface area contributed by atoms with Gasteiger partial charge in [0.05, 0.1) is 0 Å².